The van der Waals surface area contributed by atoms with Gasteiger partial charge in [-0.3, -0.25) is 0 Å². The first-order valence-electron chi connectivity index (χ1n) is 6.07. The predicted molar refractivity (Wildman–Crippen MR) is 79.2 cm³/mol. The van der Waals surface area contributed by atoms with E-state index in [-0.39, 0.29) is 11.7 Å². The Morgan fingerprint density at radius 2 is 1.80 bits per heavy atom. The van der Waals surface area contributed by atoms with E-state index in [1.165, 1.54) is 6.07 Å². The molecule has 4 nitrogen and oxygen atoms in total. The normalized spacial score (nSPS) is 10.8. The third-order valence-electron chi connectivity index (χ3n) is 2.77. The number of carbonyl (C=O) groups is 2. The summed E-state index contributed by atoms with van der Waals surface area (Å²) in [6.07, 6.45) is -0.243. The average molecular weight is 337 g/mol. The SMILES string of the molecule is CC(C)OC(=O)c1c(Br)cc(C(=O)O)c2ccccc12. The minimum atomic E-state index is -1.04. The highest BCUT2D eigenvalue weighted by molar-refractivity contribution is 9.10. The van der Waals surface area contributed by atoms with Crippen molar-refractivity contribution in [1.29, 1.82) is 0 Å². The van der Waals surface area contributed by atoms with E-state index in [1.54, 1.807) is 38.1 Å². The molecule has 2 aromatic rings. The summed E-state index contributed by atoms with van der Waals surface area (Å²) in [5.74, 6) is -1.51. The van der Waals surface area contributed by atoms with E-state index in [2.05, 4.69) is 15.9 Å². The number of fused-ring (bicyclic) bond motifs is 1. The van der Waals surface area contributed by atoms with Crippen LogP contribution < -0.4 is 0 Å². The zero-order chi connectivity index (χ0) is 14.9. The minimum absolute atomic E-state index is 0.147. The maximum absolute atomic E-state index is 12.2. The Morgan fingerprint density at radius 3 is 2.35 bits per heavy atom. The summed E-state index contributed by atoms with van der Waals surface area (Å²) in [5, 5.41) is 10.3. The van der Waals surface area contributed by atoms with Crippen LogP contribution in [0.4, 0.5) is 0 Å². The van der Waals surface area contributed by atoms with E-state index in [1.807, 2.05) is 0 Å². The molecule has 0 aliphatic carbocycles. The number of ether oxygens (including phenoxy) is 1. The lowest BCUT2D eigenvalue weighted by atomic mass is 9.99. The number of carbonyl (C=O) groups excluding carboxylic acids is 1. The smallest absolute Gasteiger partial charge is 0.340 e. The number of esters is 1. The van der Waals surface area contributed by atoms with Crippen molar-refractivity contribution in [1.82, 2.24) is 0 Å². The molecule has 20 heavy (non-hydrogen) atoms. The molecule has 2 rings (SSSR count). The fraction of sp³-hybridized carbons (Fsp3) is 0.200. The first-order valence-corrected chi connectivity index (χ1v) is 6.86. The van der Waals surface area contributed by atoms with Crippen molar-refractivity contribution in [3.05, 3.63) is 45.9 Å². The van der Waals surface area contributed by atoms with Crippen LogP contribution in [-0.4, -0.2) is 23.1 Å². The molecular weight excluding hydrogens is 324 g/mol. The van der Waals surface area contributed by atoms with Gasteiger partial charge in [-0.2, -0.15) is 0 Å². The molecule has 0 saturated heterocycles. The van der Waals surface area contributed by atoms with Gasteiger partial charge in [0.25, 0.3) is 0 Å². The van der Waals surface area contributed by atoms with Gasteiger partial charge >= 0.3 is 11.9 Å². The first kappa shape index (κ1) is 14.5. The summed E-state index contributed by atoms with van der Waals surface area (Å²) in [4.78, 5) is 23.5. The maximum Gasteiger partial charge on any atom is 0.340 e. The molecular formula is C15H13BrO4. The third kappa shape index (κ3) is 2.67. The highest BCUT2D eigenvalue weighted by atomic mass is 79.9. The van der Waals surface area contributed by atoms with Crippen molar-refractivity contribution < 1.29 is 19.4 Å². The topological polar surface area (TPSA) is 63.6 Å². The van der Waals surface area contributed by atoms with Crippen molar-refractivity contribution in [3.63, 3.8) is 0 Å². The van der Waals surface area contributed by atoms with Gasteiger partial charge in [-0.25, -0.2) is 9.59 Å². The van der Waals surface area contributed by atoms with Gasteiger partial charge in [0.2, 0.25) is 0 Å². The summed E-state index contributed by atoms with van der Waals surface area (Å²) >= 11 is 3.26. The van der Waals surface area contributed by atoms with E-state index in [9.17, 15) is 14.7 Å². The first-order chi connectivity index (χ1) is 9.41. The molecule has 0 unspecified atom stereocenters. The summed E-state index contributed by atoms with van der Waals surface area (Å²) in [5.41, 5.74) is 0.493. The van der Waals surface area contributed by atoms with E-state index in [0.29, 0.717) is 20.8 Å². The van der Waals surface area contributed by atoms with Crippen LogP contribution in [0.5, 0.6) is 0 Å². The van der Waals surface area contributed by atoms with Crippen molar-refractivity contribution in [3.8, 4) is 0 Å². The molecule has 0 saturated carbocycles. The Bertz CT molecular complexity index is 692. The quantitative estimate of drug-likeness (QED) is 0.864. The van der Waals surface area contributed by atoms with Crippen molar-refractivity contribution in [2.75, 3.05) is 0 Å². The van der Waals surface area contributed by atoms with Crippen molar-refractivity contribution in [2.24, 2.45) is 0 Å². The van der Waals surface area contributed by atoms with E-state index >= 15 is 0 Å². The monoisotopic (exact) mass is 336 g/mol. The second-order valence-corrected chi connectivity index (χ2v) is 5.44. The van der Waals surface area contributed by atoms with Gasteiger partial charge in [0.1, 0.15) is 0 Å². The molecule has 1 N–H and O–H groups in total. The van der Waals surface area contributed by atoms with Gasteiger partial charge < -0.3 is 9.84 Å². The second kappa shape index (κ2) is 5.63. The van der Waals surface area contributed by atoms with Crippen LogP contribution in [0.25, 0.3) is 10.8 Å². The molecule has 0 atom stereocenters. The van der Waals surface area contributed by atoms with Gasteiger partial charge in [0.05, 0.1) is 17.2 Å². The molecule has 0 spiro atoms. The van der Waals surface area contributed by atoms with Gasteiger partial charge in [0.15, 0.2) is 0 Å². The van der Waals surface area contributed by atoms with Gasteiger partial charge in [-0.05, 0) is 46.6 Å². The van der Waals surface area contributed by atoms with Crippen molar-refractivity contribution in [2.45, 2.75) is 20.0 Å². The number of carboxylic acid groups (broad SMARTS) is 1. The van der Waals surface area contributed by atoms with Crippen LogP contribution in [-0.2, 0) is 4.74 Å². The highest BCUT2D eigenvalue weighted by Crippen LogP contribution is 2.30. The van der Waals surface area contributed by atoms with Gasteiger partial charge in [-0.15, -0.1) is 0 Å². The Balaban J connectivity index is 2.73. The molecule has 0 amide bonds. The number of hydrogen-bond donors (Lipinski definition) is 1. The summed E-state index contributed by atoms with van der Waals surface area (Å²) < 4.78 is 5.63. The lowest BCUT2D eigenvalue weighted by Gasteiger charge is -2.13. The van der Waals surface area contributed by atoms with Gasteiger partial charge in [0, 0.05) is 4.47 Å². The van der Waals surface area contributed by atoms with E-state index in [0.717, 1.165) is 0 Å². The largest absolute Gasteiger partial charge is 0.478 e. The fourth-order valence-corrected chi connectivity index (χ4v) is 2.60. The molecule has 104 valence electrons. The Labute approximate surface area is 124 Å². The summed E-state index contributed by atoms with van der Waals surface area (Å²) in [7, 11) is 0. The fourth-order valence-electron chi connectivity index (χ4n) is 2.00. The van der Waals surface area contributed by atoms with Crippen LogP contribution in [0, 0.1) is 0 Å². The number of hydrogen-bond acceptors (Lipinski definition) is 3. The van der Waals surface area contributed by atoms with Crippen LogP contribution in [0.2, 0.25) is 0 Å². The summed E-state index contributed by atoms with van der Waals surface area (Å²) in [6, 6.07) is 8.31. The molecule has 0 aliphatic heterocycles. The number of rotatable bonds is 3. The molecule has 2 aromatic carbocycles. The summed E-state index contributed by atoms with van der Waals surface area (Å²) in [6.45, 7) is 3.53. The Kier molecular flexibility index (Phi) is 4.09. The zero-order valence-electron chi connectivity index (χ0n) is 11.0. The van der Waals surface area contributed by atoms with Crippen LogP contribution in [0.1, 0.15) is 34.6 Å². The lowest BCUT2D eigenvalue weighted by Crippen LogP contribution is -2.13. The van der Waals surface area contributed by atoms with Crippen LogP contribution >= 0.6 is 15.9 Å². The third-order valence-corrected chi connectivity index (χ3v) is 3.40. The minimum Gasteiger partial charge on any atom is -0.478 e. The maximum atomic E-state index is 12.2. The molecule has 0 fully saturated rings. The predicted octanol–water partition coefficient (Wildman–Crippen LogP) is 3.87. The Morgan fingerprint density at radius 1 is 1.20 bits per heavy atom. The standard InChI is InChI=1S/C15H13BrO4/c1-8(2)20-15(19)13-10-6-4-3-5-9(10)11(14(17)18)7-12(13)16/h3-8H,1-2H3,(H,17,18). The number of benzene rings is 2. The van der Waals surface area contributed by atoms with Crippen LogP contribution in [0.15, 0.2) is 34.8 Å². The number of carboxylic acids is 1. The van der Waals surface area contributed by atoms with Gasteiger partial charge in [-0.1, -0.05) is 24.3 Å². The lowest BCUT2D eigenvalue weighted by molar-refractivity contribution is 0.0378. The molecule has 0 aliphatic rings. The average Bonchev–Trinajstić information content (AvgIpc) is 2.36. The van der Waals surface area contributed by atoms with E-state index in [4.69, 9.17) is 4.74 Å². The number of halogens is 1. The molecule has 0 radical (unpaired) electrons. The molecule has 0 heterocycles. The number of aromatic carboxylic acids is 1. The second-order valence-electron chi connectivity index (χ2n) is 4.59. The Hall–Kier alpha value is -1.88. The van der Waals surface area contributed by atoms with Crippen LogP contribution in [0.3, 0.4) is 0 Å². The zero-order valence-corrected chi connectivity index (χ0v) is 12.6. The molecule has 0 bridgehead atoms. The highest BCUT2D eigenvalue weighted by Gasteiger charge is 2.21. The van der Waals surface area contributed by atoms with Crippen molar-refractivity contribution >= 4 is 38.6 Å². The molecule has 5 heteroatoms. The van der Waals surface area contributed by atoms with E-state index < -0.39 is 11.9 Å². The molecule has 0 aromatic heterocycles.